The van der Waals surface area contributed by atoms with Gasteiger partial charge in [-0.1, -0.05) is 60.7 Å². The van der Waals surface area contributed by atoms with Crippen molar-refractivity contribution < 1.29 is 9.53 Å². The van der Waals surface area contributed by atoms with E-state index in [0.29, 0.717) is 6.54 Å². The molecule has 3 rings (SSSR count). The molecular formula is C19H21NO2. The molecule has 1 aliphatic rings. The first-order valence-electron chi connectivity index (χ1n) is 7.84. The van der Waals surface area contributed by atoms with Crippen LogP contribution in [0.2, 0.25) is 0 Å². The predicted molar refractivity (Wildman–Crippen MR) is 86.7 cm³/mol. The van der Waals surface area contributed by atoms with Crippen LogP contribution in [0.3, 0.4) is 0 Å². The zero-order valence-electron chi connectivity index (χ0n) is 12.6. The molecule has 114 valence electrons. The highest BCUT2D eigenvalue weighted by molar-refractivity contribution is 5.87. The summed E-state index contributed by atoms with van der Waals surface area (Å²) in [6.07, 6.45) is 2.28. The van der Waals surface area contributed by atoms with E-state index in [0.717, 1.165) is 30.6 Å². The summed E-state index contributed by atoms with van der Waals surface area (Å²) in [5, 5.41) is 3.06. The zero-order valence-corrected chi connectivity index (χ0v) is 12.6. The van der Waals surface area contributed by atoms with Crippen LogP contribution in [0.15, 0.2) is 60.7 Å². The standard InChI is InChI=1S/C19H21NO2/c21-19(20-14-17-12-7-13-22-17)18(15-8-3-1-4-9-15)16-10-5-2-6-11-16/h1-6,8-11,17-18H,7,12-14H2,(H,20,21)/t17-/m0/s1. The first-order valence-corrected chi connectivity index (χ1v) is 7.84. The first kappa shape index (κ1) is 14.8. The van der Waals surface area contributed by atoms with Crippen LogP contribution in [0.25, 0.3) is 0 Å². The maximum absolute atomic E-state index is 12.7. The summed E-state index contributed by atoms with van der Waals surface area (Å²) in [5.74, 6) is -0.239. The molecule has 3 nitrogen and oxygen atoms in total. The Bertz CT molecular complexity index is 552. The Morgan fingerprint density at radius 2 is 1.64 bits per heavy atom. The summed E-state index contributed by atoms with van der Waals surface area (Å²) >= 11 is 0. The third-order valence-corrected chi connectivity index (χ3v) is 4.06. The SMILES string of the molecule is O=C(NC[C@@H]1CCCO1)C(c1ccccc1)c1ccccc1. The number of benzene rings is 2. The van der Waals surface area contributed by atoms with Gasteiger partial charge in [0.05, 0.1) is 12.0 Å². The van der Waals surface area contributed by atoms with E-state index in [1.54, 1.807) is 0 Å². The number of amides is 1. The topological polar surface area (TPSA) is 38.3 Å². The molecule has 0 bridgehead atoms. The molecule has 0 radical (unpaired) electrons. The van der Waals surface area contributed by atoms with Crippen molar-refractivity contribution in [3.8, 4) is 0 Å². The second-order valence-corrected chi connectivity index (χ2v) is 5.63. The monoisotopic (exact) mass is 295 g/mol. The van der Waals surface area contributed by atoms with Crippen molar-refractivity contribution in [1.82, 2.24) is 5.32 Å². The molecule has 22 heavy (non-hydrogen) atoms. The van der Waals surface area contributed by atoms with Gasteiger partial charge in [-0.2, -0.15) is 0 Å². The summed E-state index contributed by atoms with van der Waals surface area (Å²) in [7, 11) is 0. The Kier molecular flexibility index (Phi) is 4.86. The van der Waals surface area contributed by atoms with Crippen molar-refractivity contribution in [1.29, 1.82) is 0 Å². The van der Waals surface area contributed by atoms with E-state index in [9.17, 15) is 4.79 Å². The van der Waals surface area contributed by atoms with Crippen molar-refractivity contribution in [2.24, 2.45) is 0 Å². The molecule has 1 N–H and O–H groups in total. The van der Waals surface area contributed by atoms with Gasteiger partial charge in [-0.3, -0.25) is 4.79 Å². The number of nitrogens with one attached hydrogen (secondary N) is 1. The highest BCUT2D eigenvalue weighted by Crippen LogP contribution is 2.24. The van der Waals surface area contributed by atoms with Gasteiger partial charge in [0.1, 0.15) is 0 Å². The van der Waals surface area contributed by atoms with Crippen molar-refractivity contribution in [3.05, 3.63) is 71.8 Å². The van der Waals surface area contributed by atoms with Gasteiger partial charge in [0.2, 0.25) is 5.91 Å². The second kappa shape index (κ2) is 7.23. The van der Waals surface area contributed by atoms with Crippen LogP contribution in [0.4, 0.5) is 0 Å². The number of hydrogen-bond donors (Lipinski definition) is 1. The molecule has 1 saturated heterocycles. The van der Waals surface area contributed by atoms with Crippen LogP contribution >= 0.6 is 0 Å². The zero-order chi connectivity index (χ0) is 15.2. The molecule has 0 unspecified atom stereocenters. The van der Waals surface area contributed by atoms with Crippen LogP contribution in [0, 0.1) is 0 Å². The number of ether oxygens (including phenoxy) is 1. The number of rotatable bonds is 5. The number of carbonyl (C=O) groups is 1. The Morgan fingerprint density at radius 1 is 1.05 bits per heavy atom. The fraction of sp³-hybridized carbons (Fsp3) is 0.316. The Balaban J connectivity index is 1.77. The van der Waals surface area contributed by atoms with Crippen LogP contribution in [-0.4, -0.2) is 25.2 Å². The molecule has 3 heteroatoms. The Morgan fingerprint density at radius 3 is 2.14 bits per heavy atom. The lowest BCUT2D eigenvalue weighted by Gasteiger charge is -2.19. The minimum atomic E-state index is -0.274. The molecule has 1 amide bonds. The smallest absolute Gasteiger partial charge is 0.232 e. The lowest BCUT2D eigenvalue weighted by Crippen LogP contribution is -2.35. The third-order valence-electron chi connectivity index (χ3n) is 4.06. The highest BCUT2D eigenvalue weighted by Gasteiger charge is 2.24. The van der Waals surface area contributed by atoms with Gasteiger partial charge in [0.25, 0.3) is 0 Å². The van der Waals surface area contributed by atoms with Gasteiger partial charge < -0.3 is 10.1 Å². The van der Waals surface area contributed by atoms with Gasteiger partial charge in [0, 0.05) is 13.2 Å². The van der Waals surface area contributed by atoms with Crippen LogP contribution in [0.1, 0.15) is 29.9 Å². The largest absolute Gasteiger partial charge is 0.376 e. The quantitative estimate of drug-likeness (QED) is 0.920. The van der Waals surface area contributed by atoms with Crippen molar-refractivity contribution in [2.75, 3.05) is 13.2 Å². The Hall–Kier alpha value is -2.13. The van der Waals surface area contributed by atoms with Crippen LogP contribution in [-0.2, 0) is 9.53 Å². The lowest BCUT2D eigenvalue weighted by atomic mass is 9.90. The summed E-state index contributed by atoms with van der Waals surface area (Å²) in [6.45, 7) is 1.40. The van der Waals surface area contributed by atoms with E-state index in [4.69, 9.17) is 4.74 Å². The molecule has 2 aromatic rings. The first-order chi connectivity index (χ1) is 10.8. The molecule has 1 heterocycles. The van der Waals surface area contributed by atoms with Crippen molar-refractivity contribution in [3.63, 3.8) is 0 Å². The fourth-order valence-corrected chi connectivity index (χ4v) is 2.91. The molecule has 0 spiro atoms. The molecular weight excluding hydrogens is 274 g/mol. The summed E-state index contributed by atoms with van der Waals surface area (Å²) < 4.78 is 5.58. The van der Waals surface area contributed by atoms with E-state index in [1.807, 2.05) is 60.7 Å². The number of hydrogen-bond acceptors (Lipinski definition) is 2. The van der Waals surface area contributed by atoms with Crippen LogP contribution in [0.5, 0.6) is 0 Å². The Labute approximate surface area is 131 Å². The number of carbonyl (C=O) groups excluding carboxylic acids is 1. The van der Waals surface area contributed by atoms with Crippen LogP contribution < -0.4 is 5.32 Å². The lowest BCUT2D eigenvalue weighted by molar-refractivity contribution is -0.122. The molecule has 1 aliphatic heterocycles. The fourth-order valence-electron chi connectivity index (χ4n) is 2.91. The summed E-state index contributed by atoms with van der Waals surface area (Å²) in [5.41, 5.74) is 2.03. The highest BCUT2D eigenvalue weighted by atomic mass is 16.5. The van der Waals surface area contributed by atoms with Gasteiger partial charge in [-0.05, 0) is 24.0 Å². The summed E-state index contributed by atoms with van der Waals surface area (Å²) in [6, 6.07) is 19.8. The van der Waals surface area contributed by atoms with Gasteiger partial charge in [-0.25, -0.2) is 0 Å². The van der Waals surface area contributed by atoms with E-state index in [2.05, 4.69) is 5.32 Å². The van der Waals surface area contributed by atoms with E-state index < -0.39 is 0 Å². The van der Waals surface area contributed by atoms with E-state index in [-0.39, 0.29) is 17.9 Å². The minimum absolute atomic E-state index is 0.0351. The molecule has 1 fully saturated rings. The average Bonchev–Trinajstić information content (AvgIpc) is 3.09. The molecule has 0 saturated carbocycles. The van der Waals surface area contributed by atoms with Gasteiger partial charge >= 0.3 is 0 Å². The molecule has 2 aromatic carbocycles. The molecule has 0 aromatic heterocycles. The van der Waals surface area contributed by atoms with E-state index >= 15 is 0 Å². The normalized spacial score (nSPS) is 17.6. The predicted octanol–water partition coefficient (Wildman–Crippen LogP) is 3.11. The second-order valence-electron chi connectivity index (χ2n) is 5.63. The maximum atomic E-state index is 12.7. The maximum Gasteiger partial charge on any atom is 0.232 e. The third kappa shape index (κ3) is 3.55. The van der Waals surface area contributed by atoms with Crippen molar-refractivity contribution >= 4 is 5.91 Å². The van der Waals surface area contributed by atoms with E-state index in [1.165, 1.54) is 0 Å². The minimum Gasteiger partial charge on any atom is -0.376 e. The van der Waals surface area contributed by atoms with Gasteiger partial charge in [-0.15, -0.1) is 0 Å². The van der Waals surface area contributed by atoms with Crippen molar-refractivity contribution in [2.45, 2.75) is 24.9 Å². The molecule has 0 aliphatic carbocycles. The molecule has 1 atom stereocenters. The summed E-state index contributed by atoms with van der Waals surface area (Å²) in [4.78, 5) is 12.7. The average molecular weight is 295 g/mol. The van der Waals surface area contributed by atoms with Gasteiger partial charge in [0.15, 0.2) is 0 Å².